The molecule has 118 valence electrons. The minimum atomic E-state index is -0.138. The Kier molecular flexibility index (Phi) is 3.35. The average molecular weight is 316 g/mol. The number of phenols is 1. The molecule has 22 heavy (non-hydrogen) atoms. The van der Waals surface area contributed by atoms with Crippen molar-refractivity contribution in [2.24, 2.45) is 23.2 Å². The third-order valence-corrected chi connectivity index (χ3v) is 7.08. The van der Waals surface area contributed by atoms with Gasteiger partial charge in [0.25, 0.3) is 0 Å². The summed E-state index contributed by atoms with van der Waals surface area (Å²) in [6, 6.07) is 5.87. The van der Waals surface area contributed by atoms with Crippen molar-refractivity contribution in [2.75, 3.05) is 0 Å². The van der Waals surface area contributed by atoms with E-state index in [0.29, 0.717) is 29.4 Å². The van der Waals surface area contributed by atoms with Gasteiger partial charge in [-0.05, 0) is 89.8 Å². The molecule has 0 aliphatic heterocycles. The van der Waals surface area contributed by atoms with Crippen LogP contribution in [0.15, 0.2) is 18.2 Å². The third-order valence-electron chi connectivity index (χ3n) is 6.73. The first kappa shape index (κ1) is 14.6. The Hall–Kier alpha value is -0.930. The molecule has 0 radical (unpaired) electrons. The quantitative estimate of drug-likeness (QED) is 0.774. The molecule has 3 aliphatic carbocycles. The van der Waals surface area contributed by atoms with Crippen LogP contribution < -0.4 is 0 Å². The topological polar surface area (TPSA) is 40.5 Å². The summed E-state index contributed by atoms with van der Waals surface area (Å²) in [4.78, 5) is 0. The van der Waals surface area contributed by atoms with E-state index < -0.39 is 0 Å². The molecule has 2 fully saturated rings. The number of fused-ring (bicyclic) bond motifs is 5. The molecule has 1 aromatic rings. The Morgan fingerprint density at radius 1 is 1.36 bits per heavy atom. The summed E-state index contributed by atoms with van der Waals surface area (Å²) >= 11 is 5.38. The minimum absolute atomic E-state index is 0.138. The molecule has 3 aliphatic rings. The Labute approximate surface area is 137 Å². The summed E-state index contributed by atoms with van der Waals surface area (Å²) < 4.78 is 0. The van der Waals surface area contributed by atoms with Gasteiger partial charge in [0.05, 0.1) is 6.10 Å². The van der Waals surface area contributed by atoms with Gasteiger partial charge in [0.1, 0.15) is 5.75 Å². The second-order valence-corrected chi connectivity index (χ2v) is 8.24. The Balaban J connectivity index is 1.78. The first-order valence-corrected chi connectivity index (χ1v) is 8.94. The summed E-state index contributed by atoms with van der Waals surface area (Å²) in [6.45, 7) is 2.37. The van der Waals surface area contributed by atoms with Gasteiger partial charge in [-0.3, -0.25) is 0 Å². The lowest BCUT2D eigenvalue weighted by Crippen LogP contribution is -2.44. The molecule has 2 N–H and O–H groups in total. The predicted octanol–water partition coefficient (Wildman–Crippen LogP) is 3.84. The SMILES string of the molecule is C[C@]12CC[C@@H]3c4ccc(O)cc4C[C@H](C=S)[C@H]3[C@@H]1C[C@H](O)C2. The van der Waals surface area contributed by atoms with Gasteiger partial charge in [-0.15, -0.1) is 0 Å². The van der Waals surface area contributed by atoms with Crippen molar-refractivity contribution >= 4 is 17.6 Å². The number of thiocarbonyl (C=S) groups is 1. The molecule has 0 amide bonds. The zero-order chi connectivity index (χ0) is 15.5. The highest BCUT2D eigenvalue weighted by Gasteiger charge is 2.54. The molecule has 0 heterocycles. The Morgan fingerprint density at radius 3 is 2.95 bits per heavy atom. The smallest absolute Gasteiger partial charge is 0.115 e. The fourth-order valence-corrected chi connectivity index (χ4v) is 6.11. The second-order valence-electron chi connectivity index (χ2n) is 7.96. The summed E-state index contributed by atoms with van der Waals surface area (Å²) in [5, 5.41) is 22.0. The van der Waals surface area contributed by atoms with Crippen LogP contribution in [0.1, 0.15) is 49.7 Å². The van der Waals surface area contributed by atoms with Crippen LogP contribution >= 0.6 is 12.2 Å². The molecule has 0 unspecified atom stereocenters. The summed E-state index contributed by atoms with van der Waals surface area (Å²) in [5.41, 5.74) is 2.97. The van der Waals surface area contributed by atoms with Crippen LogP contribution in [0.3, 0.4) is 0 Å². The highest BCUT2D eigenvalue weighted by molar-refractivity contribution is 7.79. The van der Waals surface area contributed by atoms with Crippen LogP contribution in [0.25, 0.3) is 0 Å². The number of aromatic hydroxyl groups is 1. The Bertz CT molecular complexity index is 613. The van der Waals surface area contributed by atoms with Crippen LogP contribution in [0.5, 0.6) is 5.75 Å². The fourth-order valence-electron chi connectivity index (χ4n) is 5.84. The number of benzene rings is 1. The second kappa shape index (κ2) is 5.04. The van der Waals surface area contributed by atoms with Gasteiger partial charge in [-0.25, -0.2) is 0 Å². The lowest BCUT2D eigenvalue weighted by molar-refractivity contribution is 0.0454. The first-order valence-electron chi connectivity index (χ1n) is 8.47. The van der Waals surface area contributed by atoms with Crippen molar-refractivity contribution < 1.29 is 10.2 Å². The van der Waals surface area contributed by atoms with Crippen molar-refractivity contribution in [2.45, 2.75) is 51.0 Å². The van der Waals surface area contributed by atoms with Crippen molar-refractivity contribution in [3.63, 3.8) is 0 Å². The fraction of sp³-hybridized carbons (Fsp3) is 0.632. The standard InChI is InChI=1S/C19H24O2S/c1-19-5-4-16-15-3-2-13(20)7-11(15)6-12(10-22)18(16)17(19)8-14(21)9-19/h2-3,7,10,12,14,16-18,20-21H,4-6,8-9H2,1H3/t12-,14+,16-,17+,18-,19-/m1/s1. The number of aliphatic hydroxyl groups excluding tert-OH is 1. The van der Waals surface area contributed by atoms with Gasteiger partial charge in [0.15, 0.2) is 0 Å². The van der Waals surface area contributed by atoms with E-state index >= 15 is 0 Å². The van der Waals surface area contributed by atoms with Gasteiger partial charge < -0.3 is 10.2 Å². The molecule has 2 saturated carbocycles. The highest BCUT2D eigenvalue weighted by atomic mass is 32.1. The van der Waals surface area contributed by atoms with E-state index in [4.69, 9.17) is 12.2 Å². The normalized spacial score (nSPS) is 43.1. The molecule has 3 heteroatoms. The maximum atomic E-state index is 10.2. The largest absolute Gasteiger partial charge is 0.508 e. The zero-order valence-corrected chi connectivity index (χ0v) is 13.9. The molecule has 0 aromatic heterocycles. The van der Waals surface area contributed by atoms with E-state index in [1.165, 1.54) is 24.0 Å². The Morgan fingerprint density at radius 2 is 2.18 bits per heavy atom. The lowest BCUT2D eigenvalue weighted by atomic mass is 9.53. The molecule has 0 bridgehead atoms. The van der Waals surface area contributed by atoms with Crippen molar-refractivity contribution in [1.82, 2.24) is 0 Å². The van der Waals surface area contributed by atoms with Crippen molar-refractivity contribution in [1.29, 1.82) is 0 Å². The van der Waals surface area contributed by atoms with Gasteiger partial charge in [0.2, 0.25) is 0 Å². The number of hydrogen-bond donors (Lipinski definition) is 2. The number of aliphatic hydroxyl groups is 1. The summed E-state index contributed by atoms with van der Waals surface area (Å²) in [7, 11) is 0. The van der Waals surface area contributed by atoms with Gasteiger partial charge >= 0.3 is 0 Å². The number of phenolic OH excluding ortho intramolecular Hbond substituents is 1. The molecule has 6 atom stereocenters. The summed E-state index contributed by atoms with van der Waals surface area (Å²) in [6.07, 6.45) is 5.07. The van der Waals surface area contributed by atoms with E-state index in [2.05, 4.69) is 13.0 Å². The van der Waals surface area contributed by atoms with E-state index in [1.54, 1.807) is 0 Å². The first-order chi connectivity index (χ1) is 10.5. The van der Waals surface area contributed by atoms with Crippen molar-refractivity contribution in [3.05, 3.63) is 29.3 Å². The molecule has 1 aromatic carbocycles. The average Bonchev–Trinajstić information content (AvgIpc) is 2.79. The van der Waals surface area contributed by atoms with E-state index in [9.17, 15) is 10.2 Å². The maximum absolute atomic E-state index is 10.2. The van der Waals surface area contributed by atoms with Crippen LogP contribution in [0, 0.1) is 23.2 Å². The molecule has 2 nitrogen and oxygen atoms in total. The lowest BCUT2D eigenvalue weighted by Gasteiger charge is -2.51. The van der Waals surface area contributed by atoms with Gasteiger partial charge in [-0.2, -0.15) is 0 Å². The molecular weight excluding hydrogens is 292 g/mol. The molecule has 4 rings (SSSR count). The summed E-state index contributed by atoms with van der Waals surface area (Å²) in [5.74, 6) is 2.43. The van der Waals surface area contributed by atoms with E-state index in [-0.39, 0.29) is 11.5 Å². The molecule has 0 spiro atoms. The number of hydrogen-bond acceptors (Lipinski definition) is 3. The van der Waals surface area contributed by atoms with E-state index in [1.807, 2.05) is 17.5 Å². The van der Waals surface area contributed by atoms with E-state index in [0.717, 1.165) is 19.3 Å². The van der Waals surface area contributed by atoms with Gasteiger partial charge in [-0.1, -0.05) is 25.2 Å². The van der Waals surface area contributed by atoms with Crippen LogP contribution in [0.4, 0.5) is 0 Å². The zero-order valence-electron chi connectivity index (χ0n) is 13.0. The third kappa shape index (κ3) is 2.05. The van der Waals surface area contributed by atoms with Crippen LogP contribution in [-0.2, 0) is 6.42 Å². The monoisotopic (exact) mass is 316 g/mol. The van der Waals surface area contributed by atoms with Crippen molar-refractivity contribution in [3.8, 4) is 5.75 Å². The van der Waals surface area contributed by atoms with Crippen LogP contribution in [-0.4, -0.2) is 21.7 Å². The van der Waals surface area contributed by atoms with Crippen LogP contribution in [0.2, 0.25) is 0 Å². The predicted molar refractivity (Wildman–Crippen MR) is 91.3 cm³/mol. The highest BCUT2D eigenvalue weighted by Crippen LogP contribution is 2.61. The maximum Gasteiger partial charge on any atom is 0.115 e. The molecular formula is C19H24O2S. The van der Waals surface area contributed by atoms with Gasteiger partial charge in [0, 0.05) is 0 Å². The number of rotatable bonds is 1. The molecule has 0 saturated heterocycles. The minimum Gasteiger partial charge on any atom is -0.508 e.